The fourth-order valence-corrected chi connectivity index (χ4v) is 8.92. The molecule has 0 radical (unpaired) electrons. The van der Waals surface area contributed by atoms with Gasteiger partial charge in [-0.1, -0.05) is 33.3 Å². The number of aliphatic hydroxyl groups is 1. The number of aliphatic carboxylic acids is 1. The molecule has 186 valence electrons. The third kappa shape index (κ3) is 4.11. The van der Waals surface area contributed by atoms with Gasteiger partial charge in [-0.25, -0.2) is 0 Å². The van der Waals surface area contributed by atoms with Crippen LogP contribution in [0, 0.1) is 17.8 Å². The van der Waals surface area contributed by atoms with E-state index in [1.54, 1.807) is 27.6 Å². The summed E-state index contributed by atoms with van der Waals surface area (Å²) in [4.78, 5) is 44.0. The van der Waals surface area contributed by atoms with Crippen LogP contribution in [0.1, 0.15) is 66.7 Å². The third-order valence-corrected chi connectivity index (χ3v) is 9.90. The fraction of sp³-hybridized carbons (Fsp3) is 0.800. The first kappa shape index (κ1) is 26.1. The van der Waals surface area contributed by atoms with E-state index in [1.807, 2.05) is 27.7 Å². The minimum absolute atomic E-state index is 0.0277. The van der Waals surface area contributed by atoms with Crippen molar-refractivity contribution in [2.24, 2.45) is 17.8 Å². The first-order valence-corrected chi connectivity index (χ1v) is 13.1. The number of carboxylic acid groups (broad SMARTS) is 1. The molecule has 3 fully saturated rings. The van der Waals surface area contributed by atoms with Crippen LogP contribution in [0.15, 0.2) is 12.7 Å². The van der Waals surface area contributed by atoms with Crippen molar-refractivity contribution in [3.8, 4) is 0 Å². The molecule has 0 saturated carbocycles. The van der Waals surface area contributed by atoms with Crippen molar-refractivity contribution in [3.05, 3.63) is 12.7 Å². The maximum atomic E-state index is 14.3. The second kappa shape index (κ2) is 9.61. The average Bonchev–Trinajstić information content (AvgIpc) is 3.30. The third-order valence-electron chi connectivity index (χ3n) is 7.91. The highest BCUT2D eigenvalue weighted by Crippen LogP contribution is 2.71. The lowest BCUT2D eigenvalue weighted by molar-refractivity contribution is -0.151. The van der Waals surface area contributed by atoms with Crippen molar-refractivity contribution in [3.63, 3.8) is 0 Å². The molecule has 7 atom stereocenters. The molecule has 0 aliphatic carbocycles. The van der Waals surface area contributed by atoms with Crippen LogP contribution in [-0.4, -0.2) is 78.6 Å². The van der Waals surface area contributed by atoms with E-state index in [4.69, 9.17) is 0 Å². The molecule has 3 unspecified atom stereocenters. The summed E-state index contributed by atoms with van der Waals surface area (Å²) in [5.74, 6) is -2.76. The van der Waals surface area contributed by atoms with Gasteiger partial charge in [0.15, 0.2) is 0 Å². The molecule has 0 aromatic heterocycles. The summed E-state index contributed by atoms with van der Waals surface area (Å²) < 4.78 is -1.34. The van der Waals surface area contributed by atoms with E-state index in [-0.39, 0.29) is 30.4 Å². The van der Waals surface area contributed by atoms with Crippen molar-refractivity contribution in [1.82, 2.24) is 9.80 Å². The number of hydrogen-bond acceptors (Lipinski definition) is 5. The molecule has 0 aromatic carbocycles. The summed E-state index contributed by atoms with van der Waals surface area (Å²) in [6.07, 6.45) is 5.30. The van der Waals surface area contributed by atoms with Crippen molar-refractivity contribution < 1.29 is 24.6 Å². The minimum atomic E-state index is -0.968. The van der Waals surface area contributed by atoms with E-state index in [0.29, 0.717) is 25.8 Å². The summed E-state index contributed by atoms with van der Waals surface area (Å²) in [5.41, 5.74) is 0. The summed E-state index contributed by atoms with van der Waals surface area (Å²) in [5, 5.41) is 20.4. The van der Waals surface area contributed by atoms with Crippen molar-refractivity contribution in [2.45, 2.75) is 94.3 Å². The van der Waals surface area contributed by atoms with Crippen LogP contribution in [-0.2, 0) is 14.4 Å². The maximum Gasteiger partial charge on any atom is 0.308 e. The van der Waals surface area contributed by atoms with Crippen LogP contribution in [0.3, 0.4) is 0 Å². The highest BCUT2D eigenvalue weighted by atomic mass is 32.2. The number of amides is 2. The first-order chi connectivity index (χ1) is 15.5. The number of carboxylic acids is 1. The van der Waals surface area contributed by atoms with Gasteiger partial charge in [-0.15, -0.1) is 18.3 Å². The van der Waals surface area contributed by atoms with E-state index in [2.05, 4.69) is 13.5 Å². The van der Waals surface area contributed by atoms with Crippen LogP contribution >= 0.6 is 11.8 Å². The highest BCUT2D eigenvalue weighted by Gasteiger charge is 2.78. The SMILES string of the molecule is C=CCN(C(=O)C1N([C@@H](CO)CC(C)C)C(=O)[C@@H]2[C@H](C(=O)O)[C@]3(C)CCC12S3)C(C)CCC. The molecule has 8 heteroatoms. The van der Waals surface area contributed by atoms with E-state index in [1.165, 1.54) is 0 Å². The highest BCUT2D eigenvalue weighted by molar-refractivity contribution is 8.02. The Morgan fingerprint density at radius 3 is 2.52 bits per heavy atom. The number of thioether (sulfide) groups is 1. The average molecular weight is 481 g/mol. The van der Waals surface area contributed by atoms with Gasteiger partial charge < -0.3 is 20.0 Å². The number of likely N-dealkylation sites (tertiary alicyclic amines) is 1. The van der Waals surface area contributed by atoms with Gasteiger partial charge >= 0.3 is 5.97 Å². The Morgan fingerprint density at radius 1 is 1.33 bits per heavy atom. The normalized spacial score (nSPS) is 34.5. The number of aliphatic hydroxyl groups excluding tert-OH is 1. The van der Waals surface area contributed by atoms with Gasteiger partial charge in [-0.3, -0.25) is 14.4 Å². The topological polar surface area (TPSA) is 98.2 Å². The molecule has 33 heavy (non-hydrogen) atoms. The van der Waals surface area contributed by atoms with Gasteiger partial charge in [-0.2, -0.15) is 0 Å². The summed E-state index contributed by atoms with van der Waals surface area (Å²) >= 11 is 1.54. The Bertz CT molecular complexity index is 804. The second-order valence-corrected chi connectivity index (χ2v) is 12.6. The van der Waals surface area contributed by atoms with Crippen LogP contribution in [0.5, 0.6) is 0 Å². The largest absolute Gasteiger partial charge is 0.481 e. The predicted molar refractivity (Wildman–Crippen MR) is 130 cm³/mol. The van der Waals surface area contributed by atoms with Crippen molar-refractivity contribution in [1.29, 1.82) is 0 Å². The summed E-state index contributed by atoms with van der Waals surface area (Å²) in [6.45, 7) is 14.0. The van der Waals surface area contributed by atoms with Crippen molar-refractivity contribution >= 4 is 29.5 Å². The number of hydrogen-bond donors (Lipinski definition) is 2. The zero-order valence-corrected chi connectivity index (χ0v) is 21.4. The molecule has 3 rings (SSSR count). The number of rotatable bonds is 11. The summed E-state index contributed by atoms with van der Waals surface area (Å²) in [6, 6.07) is -1.32. The van der Waals surface area contributed by atoms with Gasteiger partial charge in [0.2, 0.25) is 11.8 Å². The van der Waals surface area contributed by atoms with E-state index in [9.17, 15) is 24.6 Å². The van der Waals surface area contributed by atoms with Gasteiger partial charge in [0.05, 0.1) is 29.2 Å². The Hall–Kier alpha value is -1.54. The molecule has 2 N–H and O–H groups in total. The smallest absolute Gasteiger partial charge is 0.308 e. The zero-order valence-electron chi connectivity index (χ0n) is 20.6. The van der Waals surface area contributed by atoms with Gasteiger partial charge in [0.1, 0.15) is 6.04 Å². The monoisotopic (exact) mass is 480 g/mol. The van der Waals surface area contributed by atoms with E-state index >= 15 is 0 Å². The van der Waals surface area contributed by atoms with Gasteiger partial charge in [0.25, 0.3) is 0 Å². The second-order valence-electron chi connectivity index (χ2n) is 10.7. The molecule has 3 saturated heterocycles. The van der Waals surface area contributed by atoms with E-state index in [0.717, 1.165) is 12.8 Å². The lowest BCUT2D eigenvalue weighted by Gasteiger charge is -2.41. The fourth-order valence-electron chi connectivity index (χ4n) is 6.59. The lowest BCUT2D eigenvalue weighted by Crippen LogP contribution is -2.59. The molecule has 7 nitrogen and oxygen atoms in total. The Balaban J connectivity index is 2.13. The van der Waals surface area contributed by atoms with E-state index < -0.39 is 39.4 Å². The Morgan fingerprint density at radius 2 is 2.00 bits per heavy atom. The van der Waals surface area contributed by atoms with Crippen LogP contribution in [0.2, 0.25) is 0 Å². The lowest BCUT2D eigenvalue weighted by atomic mass is 9.66. The van der Waals surface area contributed by atoms with Crippen molar-refractivity contribution in [2.75, 3.05) is 13.2 Å². The zero-order chi connectivity index (χ0) is 24.7. The minimum Gasteiger partial charge on any atom is -0.481 e. The Labute approximate surface area is 202 Å². The number of carbonyl (C=O) groups excluding carboxylic acids is 2. The van der Waals surface area contributed by atoms with Gasteiger partial charge in [0, 0.05) is 17.3 Å². The maximum absolute atomic E-state index is 14.3. The first-order valence-electron chi connectivity index (χ1n) is 12.3. The molecule has 1 spiro atoms. The molecule has 2 amide bonds. The molecular weight excluding hydrogens is 440 g/mol. The Kier molecular flexibility index (Phi) is 7.59. The molecule has 2 bridgehead atoms. The summed E-state index contributed by atoms with van der Waals surface area (Å²) in [7, 11) is 0. The number of carbonyl (C=O) groups is 3. The van der Waals surface area contributed by atoms with Crippen LogP contribution in [0.25, 0.3) is 0 Å². The quantitative estimate of drug-likeness (QED) is 0.441. The van der Waals surface area contributed by atoms with Crippen LogP contribution < -0.4 is 0 Å². The number of fused-ring (bicyclic) bond motifs is 1. The van der Waals surface area contributed by atoms with Gasteiger partial charge in [-0.05, 0) is 45.4 Å². The van der Waals surface area contributed by atoms with Crippen LogP contribution in [0.4, 0.5) is 0 Å². The molecule has 3 aliphatic heterocycles. The molecular formula is C25H40N2O5S. The number of nitrogens with zero attached hydrogens (tertiary/aromatic N) is 2. The molecule has 0 aromatic rings. The molecule has 3 heterocycles. The molecule has 3 aliphatic rings. The standard InChI is InChI=1S/C25H40N2O5S/c1-7-9-16(5)26(12-8-2)22(30)20-25-11-10-24(6,33-25)19(23(31)32)18(25)21(29)27(20)17(14-28)13-15(3)4/h8,15-20,28H,2,7,9-14H2,1,3-6H3,(H,31,32)/t16?,17-,18+,19-,20?,24+,25?/m1/s1. The predicted octanol–water partition coefficient (Wildman–Crippen LogP) is 3.16.